The van der Waals surface area contributed by atoms with Crippen LogP contribution in [0.5, 0.6) is 0 Å². The minimum absolute atomic E-state index is 1.02. The number of aromatic nitrogens is 1. The predicted octanol–water partition coefficient (Wildman–Crippen LogP) is 5.50. The Morgan fingerprint density at radius 3 is 2.70 bits per heavy atom. The van der Waals surface area contributed by atoms with Crippen LogP contribution in [0.2, 0.25) is 0 Å². The molecule has 0 amide bonds. The van der Waals surface area contributed by atoms with E-state index >= 15 is 0 Å². The molecule has 102 valence electrons. The number of aryl methyl sites for hydroxylation is 2. The number of fused-ring (bicyclic) bond motifs is 1. The van der Waals surface area contributed by atoms with Gasteiger partial charge >= 0.3 is 0 Å². The van der Waals surface area contributed by atoms with E-state index in [-0.39, 0.29) is 0 Å². The quantitative estimate of drug-likeness (QED) is 0.444. The van der Waals surface area contributed by atoms with Gasteiger partial charge in [0.15, 0.2) is 0 Å². The molecule has 0 fully saturated rings. The Bertz CT molecular complexity index is 664. The van der Waals surface area contributed by atoms with E-state index in [9.17, 15) is 0 Å². The van der Waals surface area contributed by atoms with Crippen LogP contribution in [0.4, 0.5) is 0 Å². The maximum absolute atomic E-state index is 4.35. The van der Waals surface area contributed by atoms with Crippen molar-refractivity contribution in [3.8, 4) is 0 Å². The highest BCUT2D eigenvalue weighted by Gasteiger charge is 2.08. The molecule has 0 radical (unpaired) electrons. The minimum atomic E-state index is 1.02. The molecule has 0 unspecified atom stereocenters. The molecule has 0 saturated carbocycles. The van der Waals surface area contributed by atoms with Crippen molar-refractivity contribution in [2.75, 3.05) is 0 Å². The molecule has 3 heteroatoms. The Labute approximate surface area is 141 Å². The van der Waals surface area contributed by atoms with Crippen molar-refractivity contribution in [2.45, 2.75) is 25.7 Å². The molecule has 1 aromatic carbocycles. The van der Waals surface area contributed by atoms with E-state index in [0.29, 0.717) is 0 Å². The molecule has 0 atom stereocenters. The van der Waals surface area contributed by atoms with E-state index < -0.39 is 0 Å². The maximum Gasteiger partial charge on any atom is 0.108 e. The third-order valence-corrected chi connectivity index (χ3v) is 5.00. The van der Waals surface area contributed by atoms with Crippen molar-refractivity contribution in [3.63, 3.8) is 0 Å². The first kappa shape index (κ1) is 14.3. The van der Waals surface area contributed by atoms with Crippen LogP contribution in [-0.2, 0) is 12.8 Å². The number of pyridine rings is 1. The van der Waals surface area contributed by atoms with Crippen molar-refractivity contribution >= 4 is 50.7 Å². The molecule has 0 bridgehead atoms. The second-order valence-corrected chi connectivity index (χ2v) is 7.04. The summed E-state index contributed by atoms with van der Waals surface area (Å²) in [5, 5.41) is 0. The largest absolute Gasteiger partial charge is 0.249 e. The lowest BCUT2D eigenvalue weighted by Crippen LogP contribution is -2.02. The summed E-state index contributed by atoms with van der Waals surface area (Å²) >= 11 is 5.74. The molecule has 1 aliphatic rings. The standard InChI is InChI=1S/C17H15BrIN/c18-16-10-15(17(19)20-11-16)8-6-12-5-7-13-3-1-2-4-14(13)9-12/h5-11H,1-4H2/b8-6+. The van der Waals surface area contributed by atoms with E-state index in [1.165, 1.54) is 42.4 Å². The Morgan fingerprint density at radius 1 is 1.05 bits per heavy atom. The van der Waals surface area contributed by atoms with Gasteiger partial charge in [-0.25, -0.2) is 4.98 Å². The summed E-state index contributed by atoms with van der Waals surface area (Å²) in [6, 6.07) is 8.95. The first-order chi connectivity index (χ1) is 9.72. The average Bonchev–Trinajstić information content (AvgIpc) is 2.48. The monoisotopic (exact) mass is 439 g/mol. The second kappa shape index (κ2) is 6.39. The van der Waals surface area contributed by atoms with Gasteiger partial charge in [-0.1, -0.05) is 30.4 Å². The maximum atomic E-state index is 4.35. The SMILES string of the molecule is Brc1cnc(I)c(/C=C/c2ccc3c(c2)CCCC3)c1. The molecule has 1 nitrogen and oxygen atoms in total. The van der Waals surface area contributed by atoms with Gasteiger partial charge in [0.2, 0.25) is 0 Å². The molecule has 3 rings (SSSR count). The molecular weight excluding hydrogens is 425 g/mol. The average molecular weight is 440 g/mol. The molecule has 1 aliphatic carbocycles. The van der Waals surface area contributed by atoms with Crippen LogP contribution < -0.4 is 0 Å². The number of hydrogen-bond donors (Lipinski definition) is 0. The van der Waals surface area contributed by atoms with Gasteiger partial charge in [0.05, 0.1) is 0 Å². The number of benzene rings is 1. The topological polar surface area (TPSA) is 12.9 Å². The van der Waals surface area contributed by atoms with Crippen LogP contribution in [0, 0.1) is 3.70 Å². The summed E-state index contributed by atoms with van der Waals surface area (Å²) in [4.78, 5) is 4.35. The predicted molar refractivity (Wildman–Crippen MR) is 96.7 cm³/mol. The zero-order valence-corrected chi connectivity index (χ0v) is 14.8. The van der Waals surface area contributed by atoms with Crippen molar-refractivity contribution in [1.82, 2.24) is 4.98 Å². The molecule has 0 aliphatic heterocycles. The van der Waals surface area contributed by atoms with Crippen molar-refractivity contribution < 1.29 is 0 Å². The van der Waals surface area contributed by atoms with E-state index in [2.05, 4.69) is 79.9 Å². The first-order valence-corrected chi connectivity index (χ1v) is 8.70. The van der Waals surface area contributed by atoms with Gasteiger partial charge in [0.25, 0.3) is 0 Å². The summed E-state index contributed by atoms with van der Waals surface area (Å²) in [5.74, 6) is 0. The zero-order valence-electron chi connectivity index (χ0n) is 11.1. The smallest absolute Gasteiger partial charge is 0.108 e. The molecule has 2 aromatic rings. The highest BCUT2D eigenvalue weighted by Crippen LogP contribution is 2.24. The van der Waals surface area contributed by atoms with E-state index in [4.69, 9.17) is 0 Å². The molecule has 20 heavy (non-hydrogen) atoms. The van der Waals surface area contributed by atoms with Gasteiger partial charge in [-0.15, -0.1) is 0 Å². The molecule has 1 heterocycles. The summed E-state index contributed by atoms with van der Waals surface area (Å²) in [6.45, 7) is 0. The number of rotatable bonds is 2. The molecular formula is C17H15BrIN. The van der Waals surface area contributed by atoms with Gasteiger partial charge in [-0.05, 0) is 87.0 Å². The summed E-state index contributed by atoms with van der Waals surface area (Å²) < 4.78 is 2.04. The van der Waals surface area contributed by atoms with Crippen LogP contribution in [0.25, 0.3) is 12.2 Å². The number of nitrogens with zero attached hydrogens (tertiary/aromatic N) is 1. The van der Waals surface area contributed by atoms with Crippen molar-refractivity contribution in [1.29, 1.82) is 0 Å². The number of hydrogen-bond acceptors (Lipinski definition) is 1. The fourth-order valence-electron chi connectivity index (χ4n) is 2.60. The number of halogens is 2. The minimum Gasteiger partial charge on any atom is -0.249 e. The van der Waals surface area contributed by atoms with Gasteiger partial charge in [0.1, 0.15) is 3.70 Å². The summed E-state index contributed by atoms with van der Waals surface area (Å²) in [5.41, 5.74) is 5.49. The lowest BCUT2D eigenvalue weighted by molar-refractivity contribution is 0.685. The first-order valence-electron chi connectivity index (χ1n) is 6.83. The highest BCUT2D eigenvalue weighted by atomic mass is 127. The zero-order chi connectivity index (χ0) is 13.9. The van der Waals surface area contributed by atoms with E-state index in [1.807, 2.05) is 6.20 Å². The normalized spacial score (nSPS) is 14.5. The fourth-order valence-corrected chi connectivity index (χ4v) is 3.42. The van der Waals surface area contributed by atoms with Crippen molar-refractivity contribution in [2.24, 2.45) is 0 Å². The van der Waals surface area contributed by atoms with Gasteiger partial charge in [-0.3, -0.25) is 0 Å². The lowest BCUT2D eigenvalue weighted by atomic mass is 9.90. The summed E-state index contributed by atoms with van der Waals surface area (Å²) in [6.07, 6.45) is 11.3. The van der Waals surface area contributed by atoms with Crippen LogP contribution in [0.1, 0.15) is 35.1 Å². The fraction of sp³-hybridized carbons (Fsp3) is 0.235. The van der Waals surface area contributed by atoms with Crippen LogP contribution >= 0.6 is 38.5 Å². The van der Waals surface area contributed by atoms with Crippen molar-refractivity contribution in [3.05, 3.63) is 60.9 Å². The lowest BCUT2D eigenvalue weighted by Gasteiger charge is -2.15. The Morgan fingerprint density at radius 2 is 1.85 bits per heavy atom. The molecule has 1 aromatic heterocycles. The van der Waals surface area contributed by atoms with E-state index in [0.717, 1.165) is 13.7 Å². The van der Waals surface area contributed by atoms with Crippen LogP contribution in [0.3, 0.4) is 0 Å². The third-order valence-electron chi connectivity index (χ3n) is 3.66. The van der Waals surface area contributed by atoms with Gasteiger partial charge in [0, 0.05) is 16.2 Å². The second-order valence-electron chi connectivity index (χ2n) is 5.10. The molecule has 0 spiro atoms. The Hall–Kier alpha value is -0.680. The highest BCUT2D eigenvalue weighted by molar-refractivity contribution is 14.1. The van der Waals surface area contributed by atoms with E-state index in [1.54, 1.807) is 0 Å². The van der Waals surface area contributed by atoms with Crippen LogP contribution in [-0.4, -0.2) is 4.98 Å². The van der Waals surface area contributed by atoms with Crippen LogP contribution in [0.15, 0.2) is 34.9 Å². The summed E-state index contributed by atoms with van der Waals surface area (Å²) in [7, 11) is 0. The molecule has 0 saturated heterocycles. The molecule has 0 N–H and O–H groups in total. The Kier molecular flexibility index (Phi) is 4.56. The van der Waals surface area contributed by atoms with Gasteiger partial charge < -0.3 is 0 Å². The Balaban J connectivity index is 1.87. The van der Waals surface area contributed by atoms with Gasteiger partial charge in [-0.2, -0.15) is 0 Å². The third kappa shape index (κ3) is 3.31.